The lowest BCUT2D eigenvalue weighted by molar-refractivity contribution is 0.102. The van der Waals surface area contributed by atoms with Crippen molar-refractivity contribution in [1.82, 2.24) is 9.20 Å². The molecule has 1 amide bonds. The average Bonchev–Trinajstić information content (AvgIpc) is 3.18. The van der Waals surface area contributed by atoms with Gasteiger partial charge in [-0.1, -0.05) is 48.5 Å². The van der Waals surface area contributed by atoms with Crippen molar-refractivity contribution in [3.8, 4) is 11.1 Å². The number of nitrogens with one attached hydrogen (secondary N) is 1. The van der Waals surface area contributed by atoms with E-state index in [-0.39, 0.29) is 17.6 Å². The zero-order chi connectivity index (χ0) is 26.3. The summed E-state index contributed by atoms with van der Waals surface area (Å²) in [6, 6.07) is 17.2. The van der Waals surface area contributed by atoms with Crippen LogP contribution in [0.15, 0.2) is 83.8 Å². The van der Waals surface area contributed by atoms with Gasteiger partial charge in [0.2, 0.25) is 0 Å². The monoisotopic (exact) mass is 509 g/mol. The molecular formula is C27H16F5N3O2. The molecule has 5 rings (SSSR count). The minimum absolute atomic E-state index is 0.0798. The molecule has 0 spiro atoms. The first-order valence-electron chi connectivity index (χ1n) is 10.9. The molecule has 0 fully saturated rings. The van der Waals surface area contributed by atoms with Crippen LogP contribution >= 0.6 is 0 Å². The van der Waals surface area contributed by atoms with E-state index in [0.29, 0.717) is 0 Å². The lowest BCUT2D eigenvalue weighted by Gasteiger charge is -2.13. The van der Waals surface area contributed by atoms with Gasteiger partial charge in [0.1, 0.15) is 17.1 Å². The second-order valence-electron chi connectivity index (χ2n) is 8.12. The number of benzene rings is 3. The maximum absolute atomic E-state index is 14.9. The number of amides is 1. The van der Waals surface area contributed by atoms with Crippen LogP contribution in [0, 0.1) is 29.1 Å². The molecule has 186 valence electrons. The molecule has 0 aliphatic carbocycles. The van der Waals surface area contributed by atoms with Crippen LogP contribution in [0.3, 0.4) is 0 Å². The van der Waals surface area contributed by atoms with Crippen molar-refractivity contribution in [1.29, 1.82) is 0 Å². The van der Waals surface area contributed by atoms with Crippen LogP contribution < -0.4 is 10.9 Å². The number of nitrogens with zero attached hydrogens (tertiary/aromatic N) is 2. The summed E-state index contributed by atoms with van der Waals surface area (Å²) in [6.45, 7) is 0.0798. The van der Waals surface area contributed by atoms with Gasteiger partial charge in [-0.2, -0.15) is 0 Å². The van der Waals surface area contributed by atoms with Gasteiger partial charge in [0.15, 0.2) is 23.3 Å². The number of aromatic nitrogens is 2. The van der Waals surface area contributed by atoms with E-state index in [1.165, 1.54) is 21.5 Å². The number of pyridine rings is 1. The fourth-order valence-corrected chi connectivity index (χ4v) is 4.08. The van der Waals surface area contributed by atoms with Gasteiger partial charge in [-0.05, 0) is 35.4 Å². The van der Waals surface area contributed by atoms with Gasteiger partial charge in [0, 0.05) is 6.20 Å². The molecule has 0 aliphatic heterocycles. The van der Waals surface area contributed by atoms with E-state index in [1.807, 2.05) is 5.32 Å². The number of hydrogen-bond donors (Lipinski definition) is 1. The van der Waals surface area contributed by atoms with Crippen LogP contribution in [0.4, 0.5) is 27.6 Å². The summed E-state index contributed by atoms with van der Waals surface area (Å²) in [5.74, 6) is -9.30. The predicted octanol–water partition coefficient (Wildman–Crippen LogP) is 5.76. The first-order valence-corrected chi connectivity index (χ1v) is 10.9. The summed E-state index contributed by atoms with van der Waals surface area (Å²) < 4.78 is 75.3. The summed E-state index contributed by atoms with van der Waals surface area (Å²) in [6.07, 6.45) is 1.52. The van der Waals surface area contributed by atoms with Crippen LogP contribution in [0.2, 0.25) is 0 Å². The third-order valence-electron chi connectivity index (χ3n) is 5.84. The predicted molar refractivity (Wildman–Crippen MR) is 127 cm³/mol. The summed E-state index contributed by atoms with van der Waals surface area (Å²) >= 11 is 0. The van der Waals surface area contributed by atoms with Crippen molar-refractivity contribution in [2.24, 2.45) is 0 Å². The SMILES string of the molecule is O=C(Nc1c(F)c(F)c(-c2ccc(F)cc2)c(F)c1F)c1c(=O)n(Cc2ccccc2)n2ccccc12. The Morgan fingerprint density at radius 1 is 0.757 bits per heavy atom. The zero-order valence-corrected chi connectivity index (χ0v) is 18.8. The van der Waals surface area contributed by atoms with E-state index in [9.17, 15) is 31.5 Å². The van der Waals surface area contributed by atoms with E-state index in [0.717, 1.165) is 29.8 Å². The normalized spacial score (nSPS) is 11.2. The highest BCUT2D eigenvalue weighted by atomic mass is 19.2. The molecule has 2 aromatic heterocycles. The molecule has 0 unspecified atom stereocenters. The Kier molecular flexibility index (Phi) is 6.08. The molecule has 0 atom stereocenters. The van der Waals surface area contributed by atoms with E-state index in [4.69, 9.17) is 0 Å². The summed E-state index contributed by atoms with van der Waals surface area (Å²) in [4.78, 5) is 26.3. The van der Waals surface area contributed by atoms with Crippen LogP contribution in [0.1, 0.15) is 15.9 Å². The van der Waals surface area contributed by atoms with E-state index in [2.05, 4.69) is 0 Å². The molecule has 1 N–H and O–H groups in total. The van der Waals surface area contributed by atoms with Crippen molar-refractivity contribution in [2.75, 3.05) is 5.32 Å². The smallest absolute Gasteiger partial charge is 0.280 e. The molecule has 5 aromatic rings. The first-order chi connectivity index (χ1) is 17.8. The number of hydrogen-bond acceptors (Lipinski definition) is 2. The summed E-state index contributed by atoms with van der Waals surface area (Å²) in [5.41, 5.74) is -3.16. The van der Waals surface area contributed by atoms with Crippen molar-refractivity contribution >= 4 is 17.1 Å². The quantitative estimate of drug-likeness (QED) is 0.242. The van der Waals surface area contributed by atoms with Crippen molar-refractivity contribution < 1.29 is 26.7 Å². The molecule has 0 saturated carbocycles. The lowest BCUT2D eigenvalue weighted by atomic mass is 10.0. The van der Waals surface area contributed by atoms with Gasteiger partial charge in [0.25, 0.3) is 11.5 Å². The second kappa shape index (κ2) is 9.38. The standard InChI is InChI=1S/C27H16F5N3O2/c28-17-11-9-16(10-12-17)19-21(29)23(31)25(24(32)22(19)30)33-26(36)20-18-8-4-5-13-34(18)35(27(20)37)14-15-6-2-1-3-7-15/h1-13H,14H2,(H,33,36). The van der Waals surface area contributed by atoms with Crippen molar-refractivity contribution in [2.45, 2.75) is 6.54 Å². The summed E-state index contributed by atoms with van der Waals surface area (Å²) in [7, 11) is 0. The average molecular weight is 509 g/mol. The fourth-order valence-electron chi connectivity index (χ4n) is 4.08. The Hall–Kier alpha value is -4.73. The molecule has 37 heavy (non-hydrogen) atoms. The Labute approximate surface area is 206 Å². The lowest BCUT2D eigenvalue weighted by Crippen LogP contribution is -2.26. The third-order valence-corrected chi connectivity index (χ3v) is 5.84. The Bertz CT molecular complexity index is 1680. The van der Waals surface area contributed by atoms with Gasteiger partial charge in [-0.25, -0.2) is 26.6 Å². The van der Waals surface area contributed by atoms with E-state index in [1.54, 1.807) is 42.5 Å². The van der Waals surface area contributed by atoms with Crippen LogP contribution in [-0.2, 0) is 6.54 Å². The van der Waals surface area contributed by atoms with E-state index >= 15 is 0 Å². The maximum atomic E-state index is 14.9. The Morgan fingerprint density at radius 2 is 1.38 bits per heavy atom. The number of rotatable bonds is 5. The molecule has 0 aliphatic rings. The second-order valence-corrected chi connectivity index (χ2v) is 8.12. The number of halogens is 5. The van der Waals surface area contributed by atoms with Gasteiger partial charge < -0.3 is 5.32 Å². The van der Waals surface area contributed by atoms with Gasteiger partial charge in [0.05, 0.1) is 17.6 Å². The molecule has 3 aromatic carbocycles. The van der Waals surface area contributed by atoms with Crippen molar-refractivity contribution in [3.63, 3.8) is 0 Å². The van der Waals surface area contributed by atoms with E-state index < -0.39 is 57.4 Å². The molecule has 0 bridgehead atoms. The van der Waals surface area contributed by atoms with Crippen LogP contribution in [-0.4, -0.2) is 15.1 Å². The molecular weight excluding hydrogens is 493 g/mol. The zero-order valence-electron chi connectivity index (χ0n) is 18.8. The van der Waals surface area contributed by atoms with Crippen molar-refractivity contribution in [3.05, 3.63) is 130 Å². The maximum Gasteiger partial charge on any atom is 0.280 e. The van der Waals surface area contributed by atoms with Gasteiger partial charge in [-0.3, -0.25) is 14.1 Å². The minimum atomic E-state index is -1.88. The molecule has 0 saturated heterocycles. The fraction of sp³-hybridized carbons (Fsp3) is 0.0370. The largest absolute Gasteiger partial charge is 0.317 e. The highest BCUT2D eigenvalue weighted by molar-refractivity contribution is 6.09. The van der Waals surface area contributed by atoms with Crippen LogP contribution in [0.5, 0.6) is 0 Å². The Balaban J connectivity index is 1.58. The first kappa shape index (κ1) is 24.0. The highest BCUT2D eigenvalue weighted by Crippen LogP contribution is 2.35. The van der Waals surface area contributed by atoms with Gasteiger partial charge >= 0.3 is 0 Å². The molecule has 0 radical (unpaired) electrons. The van der Waals surface area contributed by atoms with Gasteiger partial charge in [-0.15, -0.1) is 0 Å². The summed E-state index contributed by atoms with van der Waals surface area (Å²) in [5, 5.41) is 1.82. The Morgan fingerprint density at radius 3 is 2.03 bits per heavy atom. The topological polar surface area (TPSA) is 55.5 Å². The number of carbonyl (C=O) groups excluding carboxylic acids is 1. The highest BCUT2D eigenvalue weighted by Gasteiger charge is 2.29. The molecule has 10 heteroatoms. The van der Waals surface area contributed by atoms with Crippen LogP contribution in [0.25, 0.3) is 16.6 Å². The molecule has 2 heterocycles. The third kappa shape index (κ3) is 4.16. The number of fused-ring (bicyclic) bond motifs is 1. The number of carbonyl (C=O) groups is 1. The number of anilines is 1. The molecule has 5 nitrogen and oxygen atoms in total. The minimum Gasteiger partial charge on any atom is -0.317 e.